The summed E-state index contributed by atoms with van der Waals surface area (Å²) in [6.45, 7) is 12.0. The average molecular weight is 270 g/mol. The molecule has 2 N–H and O–H groups in total. The molecule has 0 aliphatic carbocycles. The second-order valence-corrected chi connectivity index (χ2v) is 6.98. The molecule has 19 heavy (non-hydrogen) atoms. The fraction of sp³-hybridized carbons (Fsp3) is 0.933. The van der Waals surface area contributed by atoms with E-state index in [1.165, 1.54) is 19.3 Å². The number of hydrogen-bond acceptors (Lipinski definition) is 3. The number of piperidine rings is 1. The minimum absolute atomic E-state index is 0.304. The Morgan fingerprint density at radius 1 is 1.42 bits per heavy atom. The summed E-state index contributed by atoms with van der Waals surface area (Å²) in [5.74, 6) is 1.20. The van der Waals surface area contributed by atoms with Crippen LogP contribution in [0.3, 0.4) is 0 Å². The van der Waals surface area contributed by atoms with Gasteiger partial charge >= 0.3 is 6.09 Å². The van der Waals surface area contributed by atoms with Crippen molar-refractivity contribution in [2.45, 2.75) is 65.5 Å². The van der Waals surface area contributed by atoms with Crippen LogP contribution in [0.4, 0.5) is 4.79 Å². The highest BCUT2D eigenvalue weighted by molar-refractivity contribution is 5.67. The van der Waals surface area contributed by atoms with Crippen LogP contribution in [-0.2, 0) is 4.74 Å². The van der Waals surface area contributed by atoms with E-state index in [0.717, 1.165) is 6.54 Å². The molecule has 0 spiro atoms. The van der Waals surface area contributed by atoms with Crippen molar-refractivity contribution in [2.24, 2.45) is 11.8 Å². The quantitative estimate of drug-likeness (QED) is 0.826. The molecule has 4 heteroatoms. The zero-order chi connectivity index (χ0) is 14.5. The highest BCUT2D eigenvalue weighted by Gasteiger charge is 2.26. The molecule has 1 fully saturated rings. The van der Waals surface area contributed by atoms with Crippen LogP contribution in [0.1, 0.15) is 53.9 Å². The lowest BCUT2D eigenvalue weighted by atomic mass is 9.86. The molecule has 0 bridgehead atoms. The van der Waals surface area contributed by atoms with E-state index >= 15 is 0 Å². The van der Waals surface area contributed by atoms with Crippen LogP contribution in [0.25, 0.3) is 0 Å². The van der Waals surface area contributed by atoms with Gasteiger partial charge in [-0.1, -0.05) is 13.8 Å². The van der Waals surface area contributed by atoms with Gasteiger partial charge in [0.15, 0.2) is 0 Å². The third-order valence-corrected chi connectivity index (χ3v) is 3.36. The summed E-state index contributed by atoms with van der Waals surface area (Å²) in [5.41, 5.74) is -0.424. The SMILES string of the molecule is CC(C)CC1NCCCC1CNC(=O)OC(C)(C)C. The van der Waals surface area contributed by atoms with E-state index in [-0.39, 0.29) is 6.09 Å². The number of nitrogens with one attached hydrogen (secondary N) is 2. The van der Waals surface area contributed by atoms with E-state index in [0.29, 0.717) is 24.4 Å². The van der Waals surface area contributed by atoms with Gasteiger partial charge in [-0.05, 0) is 58.4 Å². The molecule has 4 nitrogen and oxygen atoms in total. The van der Waals surface area contributed by atoms with Gasteiger partial charge in [0.2, 0.25) is 0 Å². The maximum absolute atomic E-state index is 11.7. The predicted molar refractivity (Wildman–Crippen MR) is 78.2 cm³/mol. The van der Waals surface area contributed by atoms with Crippen LogP contribution < -0.4 is 10.6 Å². The van der Waals surface area contributed by atoms with Gasteiger partial charge in [0.1, 0.15) is 5.60 Å². The largest absolute Gasteiger partial charge is 0.444 e. The fourth-order valence-corrected chi connectivity index (χ4v) is 2.58. The first-order valence-electron chi connectivity index (χ1n) is 7.48. The molecule has 2 atom stereocenters. The molecule has 0 aromatic carbocycles. The zero-order valence-electron chi connectivity index (χ0n) is 13.1. The van der Waals surface area contributed by atoms with Crippen molar-refractivity contribution in [3.8, 4) is 0 Å². The average Bonchev–Trinajstić information content (AvgIpc) is 2.24. The third-order valence-electron chi connectivity index (χ3n) is 3.36. The second-order valence-electron chi connectivity index (χ2n) is 6.98. The number of ether oxygens (including phenoxy) is 1. The van der Waals surface area contributed by atoms with E-state index in [9.17, 15) is 4.79 Å². The fourth-order valence-electron chi connectivity index (χ4n) is 2.58. The van der Waals surface area contributed by atoms with Crippen LogP contribution in [0.2, 0.25) is 0 Å². The van der Waals surface area contributed by atoms with Gasteiger partial charge in [0.25, 0.3) is 0 Å². The van der Waals surface area contributed by atoms with E-state index in [2.05, 4.69) is 24.5 Å². The van der Waals surface area contributed by atoms with Gasteiger partial charge in [0, 0.05) is 12.6 Å². The van der Waals surface area contributed by atoms with Crippen molar-refractivity contribution >= 4 is 6.09 Å². The molecule has 1 aliphatic rings. The van der Waals surface area contributed by atoms with Crippen LogP contribution in [-0.4, -0.2) is 30.8 Å². The lowest BCUT2D eigenvalue weighted by Crippen LogP contribution is -2.47. The molecule has 1 amide bonds. The predicted octanol–water partition coefficient (Wildman–Crippen LogP) is 2.93. The smallest absolute Gasteiger partial charge is 0.407 e. The van der Waals surface area contributed by atoms with Gasteiger partial charge in [-0.25, -0.2) is 4.79 Å². The van der Waals surface area contributed by atoms with Gasteiger partial charge in [-0.15, -0.1) is 0 Å². The van der Waals surface area contributed by atoms with Crippen LogP contribution in [0.5, 0.6) is 0 Å². The molecular formula is C15H30N2O2. The van der Waals surface area contributed by atoms with Crippen molar-refractivity contribution in [1.82, 2.24) is 10.6 Å². The first-order valence-corrected chi connectivity index (χ1v) is 7.48. The molecule has 1 aliphatic heterocycles. The summed E-state index contributed by atoms with van der Waals surface area (Å²) in [6.07, 6.45) is 3.23. The molecule has 1 saturated heterocycles. The maximum Gasteiger partial charge on any atom is 0.407 e. The molecule has 2 unspecified atom stereocenters. The van der Waals surface area contributed by atoms with Crippen LogP contribution >= 0.6 is 0 Å². The summed E-state index contributed by atoms with van der Waals surface area (Å²) in [5, 5.41) is 6.49. The Morgan fingerprint density at radius 2 is 2.11 bits per heavy atom. The molecule has 112 valence electrons. The lowest BCUT2D eigenvalue weighted by Gasteiger charge is -2.34. The van der Waals surface area contributed by atoms with E-state index < -0.39 is 5.60 Å². The van der Waals surface area contributed by atoms with Crippen molar-refractivity contribution in [3.63, 3.8) is 0 Å². The molecule has 0 aromatic rings. The van der Waals surface area contributed by atoms with Gasteiger partial charge in [-0.3, -0.25) is 0 Å². The van der Waals surface area contributed by atoms with Crippen LogP contribution in [0, 0.1) is 11.8 Å². The number of carbonyl (C=O) groups is 1. The third kappa shape index (κ3) is 6.81. The standard InChI is InChI=1S/C15H30N2O2/c1-11(2)9-13-12(7-6-8-16-13)10-17-14(18)19-15(3,4)5/h11-13,16H,6-10H2,1-5H3,(H,17,18). The number of carbonyl (C=O) groups excluding carboxylic acids is 1. The highest BCUT2D eigenvalue weighted by Crippen LogP contribution is 2.21. The monoisotopic (exact) mass is 270 g/mol. The van der Waals surface area contributed by atoms with Crippen molar-refractivity contribution in [2.75, 3.05) is 13.1 Å². The number of hydrogen-bond donors (Lipinski definition) is 2. The first-order chi connectivity index (χ1) is 8.78. The molecular weight excluding hydrogens is 240 g/mol. The Morgan fingerprint density at radius 3 is 2.68 bits per heavy atom. The lowest BCUT2D eigenvalue weighted by molar-refractivity contribution is 0.0510. The first kappa shape index (κ1) is 16.3. The van der Waals surface area contributed by atoms with Gasteiger partial charge in [0.05, 0.1) is 0 Å². The zero-order valence-corrected chi connectivity index (χ0v) is 13.1. The topological polar surface area (TPSA) is 50.4 Å². The minimum atomic E-state index is -0.424. The van der Waals surface area contributed by atoms with Crippen molar-refractivity contribution in [1.29, 1.82) is 0 Å². The second kappa shape index (κ2) is 7.13. The number of amides is 1. The van der Waals surface area contributed by atoms with E-state index in [1.54, 1.807) is 0 Å². The Bertz CT molecular complexity index is 284. The summed E-state index contributed by atoms with van der Waals surface area (Å²) < 4.78 is 5.27. The Kier molecular flexibility index (Phi) is 6.11. The summed E-state index contributed by atoms with van der Waals surface area (Å²) >= 11 is 0. The Balaban J connectivity index is 2.38. The van der Waals surface area contributed by atoms with Gasteiger partial charge in [-0.2, -0.15) is 0 Å². The van der Waals surface area contributed by atoms with Crippen molar-refractivity contribution < 1.29 is 9.53 Å². The summed E-state index contributed by atoms with van der Waals surface area (Å²) in [7, 11) is 0. The molecule has 0 saturated carbocycles. The van der Waals surface area contributed by atoms with Crippen LogP contribution in [0.15, 0.2) is 0 Å². The van der Waals surface area contributed by atoms with E-state index in [1.807, 2.05) is 20.8 Å². The maximum atomic E-state index is 11.7. The minimum Gasteiger partial charge on any atom is -0.444 e. The Labute approximate surface area is 117 Å². The molecule has 0 radical (unpaired) electrons. The Hall–Kier alpha value is -0.770. The van der Waals surface area contributed by atoms with Crippen molar-refractivity contribution in [3.05, 3.63) is 0 Å². The molecule has 1 rings (SSSR count). The number of rotatable bonds is 4. The normalized spacial score (nSPS) is 24.3. The van der Waals surface area contributed by atoms with Gasteiger partial charge < -0.3 is 15.4 Å². The summed E-state index contributed by atoms with van der Waals surface area (Å²) in [6, 6.07) is 0.517. The molecule has 1 heterocycles. The molecule has 0 aromatic heterocycles. The van der Waals surface area contributed by atoms with E-state index in [4.69, 9.17) is 4.74 Å². The highest BCUT2D eigenvalue weighted by atomic mass is 16.6. The number of alkyl carbamates (subject to hydrolysis) is 1. The summed E-state index contributed by atoms with van der Waals surface area (Å²) in [4.78, 5) is 11.7.